The number of rotatable bonds is 4. The molecule has 0 atom stereocenters. The number of carbonyl (C=O) groups excluding carboxylic acids is 1. The van der Waals surface area contributed by atoms with Crippen molar-refractivity contribution in [1.82, 2.24) is 0 Å². The number of carbonyl (C=O) groups is 1. The summed E-state index contributed by atoms with van der Waals surface area (Å²) in [5.41, 5.74) is 3.41. The van der Waals surface area contributed by atoms with Crippen molar-refractivity contribution in [2.75, 3.05) is 24.7 Å². The number of ether oxygens (including phenoxy) is 2. The molecule has 0 aliphatic carbocycles. The van der Waals surface area contributed by atoms with E-state index in [-0.39, 0.29) is 5.97 Å². The Labute approximate surface area is 148 Å². The quantitative estimate of drug-likeness (QED) is 0.771. The van der Waals surface area contributed by atoms with Crippen LogP contribution in [0.2, 0.25) is 0 Å². The molecule has 2 aromatic carbocycles. The second-order valence-electron chi connectivity index (χ2n) is 5.62. The SMILES string of the molecule is C=C/C1=C/CN(c2ccccc2)c2cc(C(=O)OCC)ccc2OC1. The molecule has 0 fully saturated rings. The van der Waals surface area contributed by atoms with Crippen molar-refractivity contribution < 1.29 is 14.3 Å². The van der Waals surface area contributed by atoms with E-state index < -0.39 is 0 Å². The first-order valence-corrected chi connectivity index (χ1v) is 8.31. The summed E-state index contributed by atoms with van der Waals surface area (Å²) in [4.78, 5) is 14.2. The second-order valence-corrected chi connectivity index (χ2v) is 5.62. The third-order valence-corrected chi connectivity index (χ3v) is 4.02. The van der Waals surface area contributed by atoms with Gasteiger partial charge in [0.05, 0.1) is 17.9 Å². The first-order valence-electron chi connectivity index (χ1n) is 8.31. The van der Waals surface area contributed by atoms with Gasteiger partial charge in [-0.3, -0.25) is 0 Å². The van der Waals surface area contributed by atoms with Gasteiger partial charge >= 0.3 is 5.97 Å². The number of nitrogens with zero attached hydrogens (tertiary/aromatic N) is 1. The van der Waals surface area contributed by atoms with Crippen LogP contribution in [0.3, 0.4) is 0 Å². The van der Waals surface area contributed by atoms with Crippen LogP contribution in [-0.4, -0.2) is 25.7 Å². The molecule has 0 saturated heterocycles. The average Bonchev–Trinajstić information content (AvgIpc) is 2.63. The Morgan fingerprint density at radius 3 is 2.80 bits per heavy atom. The molecule has 0 saturated carbocycles. The fourth-order valence-electron chi connectivity index (χ4n) is 2.71. The van der Waals surface area contributed by atoms with Crippen LogP contribution in [0.1, 0.15) is 17.3 Å². The zero-order chi connectivity index (χ0) is 17.6. The molecule has 1 aliphatic rings. The van der Waals surface area contributed by atoms with Crippen LogP contribution >= 0.6 is 0 Å². The van der Waals surface area contributed by atoms with Crippen LogP contribution < -0.4 is 9.64 Å². The Morgan fingerprint density at radius 2 is 2.08 bits per heavy atom. The zero-order valence-electron chi connectivity index (χ0n) is 14.3. The van der Waals surface area contributed by atoms with Gasteiger partial charge in [-0.2, -0.15) is 0 Å². The highest BCUT2D eigenvalue weighted by Crippen LogP contribution is 2.36. The maximum absolute atomic E-state index is 12.1. The van der Waals surface area contributed by atoms with Crippen molar-refractivity contribution in [1.29, 1.82) is 0 Å². The van der Waals surface area contributed by atoms with E-state index in [1.165, 1.54) is 0 Å². The Hall–Kier alpha value is -3.01. The standard InChI is InChI=1S/C21H21NO3/c1-3-16-12-13-22(18-8-6-5-7-9-18)19-14-17(21(23)24-4-2)10-11-20(19)25-15-16/h3,5-12,14H,1,4,13,15H2,2H3/b16-12-. The lowest BCUT2D eigenvalue weighted by Crippen LogP contribution is -2.21. The molecular formula is C21H21NO3. The lowest BCUT2D eigenvalue weighted by molar-refractivity contribution is 0.0526. The molecule has 0 radical (unpaired) electrons. The van der Waals surface area contributed by atoms with E-state index in [1.54, 1.807) is 19.1 Å². The summed E-state index contributed by atoms with van der Waals surface area (Å²) in [6.07, 6.45) is 3.89. The van der Waals surface area contributed by atoms with Crippen molar-refractivity contribution in [3.8, 4) is 5.75 Å². The van der Waals surface area contributed by atoms with Crippen molar-refractivity contribution in [3.63, 3.8) is 0 Å². The summed E-state index contributed by atoms with van der Waals surface area (Å²) < 4.78 is 11.1. The molecule has 4 nitrogen and oxygen atoms in total. The molecule has 2 aromatic rings. The summed E-state index contributed by atoms with van der Waals surface area (Å²) in [5.74, 6) is 0.395. The molecule has 25 heavy (non-hydrogen) atoms. The summed E-state index contributed by atoms with van der Waals surface area (Å²) >= 11 is 0. The van der Waals surface area contributed by atoms with Gasteiger partial charge in [-0.05, 0) is 42.8 Å². The van der Waals surface area contributed by atoms with Gasteiger partial charge in [-0.1, -0.05) is 36.9 Å². The third-order valence-electron chi connectivity index (χ3n) is 4.02. The highest BCUT2D eigenvalue weighted by atomic mass is 16.5. The van der Waals surface area contributed by atoms with Crippen molar-refractivity contribution >= 4 is 17.3 Å². The number of hydrogen-bond acceptors (Lipinski definition) is 4. The lowest BCUT2D eigenvalue weighted by Gasteiger charge is -2.28. The molecule has 128 valence electrons. The fourth-order valence-corrected chi connectivity index (χ4v) is 2.71. The summed E-state index contributed by atoms with van der Waals surface area (Å²) in [6.45, 7) is 7.10. The Kier molecular flexibility index (Phi) is 5.19. The molecule has 0 spiro atoms. The van der Waals surface area contributed by atoms with Gasteiger partial charge < -0.3 is 14.4 Å². The average molecular weight is 335 g/mol. The minimum Gasteiger partial charge on any atom is -0.487 e. The largest absolute Gasteiger partial charge is 0.487 e. The minimum atomic E-state index is -0.331. The van der Waals surface area contributed by atoms with Crippen LogP contribution in [0.4, 0.5) is 11.4 Å². The molecule has 0 N–H and O–H groups in total. The highest BCUT2D eigenvalue weighted by Gasteiger charge is 2.19. The highest BCUT2D eigenvalue weighted by molar-refractivity contribution is 5.92. The Morgan fingerprint density at radius 1 is 1.28 bits per heavy atom. The van der Waals surface area contributed by atoms with Crippen LogP contribution in [0.25, 0.3) is 0 Å². The van der Waals surface area contributed by atoms with E-state index >= 15 is 0 Å². The van der Waals surface area contributed by atoms with Crippen LogP contribution in [-0.2, 0) is 4.74 Å². The van der Waals surface area contributed by atoms with Crippen molar-refractivity contribution in [2.24, 2.45) is 0 Å². The molecule has 4 heteroatoms. The predicted molar refractivity (Wildman–Crippen MR) is 99.6 cm³/mol. The number of anilines is 2. The van der Waals surface area contributed by atoms with E-state index in [0.717, 1.165) is 22.7 Å². The number of fused-ring (bicyclic) bond motifs is 1. The number of esters is 1. The molecular weight excluding hydrogens is 314 g/mol. The number of hydrogen-bond donors (Lipinski definition) is 0. The minimum absolute atomic E-state index is 0.331. The van der Waals surface area contributed by atoms with Gasteiger partial charge in [0.25, 0.3) is 0 Å². The van der Waals surface area contributed by atoms with Gasteiger partial charge in [-0.15, -0.1) is 0 Å². The van der Waals surface area contributed by atoms with E-state index in [0.29, 0.717) is 25.3 Å². The normalized spacial score (nSPS) is 15.7. The molecule has 3 rings (SSSR count). The molecule has 0 amide bonds. The Bertz CT molecular complexity index is 796. The second kappa shape index (κ2) is 7.71. The maximum atomic E-state index is 12.1. The molecule has 0 aromatic heterocycles. The van der Waals surface area contributed by atoms with Crippen LogP contribution in [0.5, 0.6) is 5.75 Å². The summed E-state index contributed by atoms with van der Waals surface area (Å²) in [7, 11) is 0. The third kappa shape index (κ3) is 3.74. The number of benzene rings is 2. The topological polar surface area (TPSA) is 38.8 Å². The summed E-state index contributed by atoms with van der Waals surface area (Å²) in [6, 6.07) is 15.4. The lowest BCUT2D eigenvalue weighted by atomic mass is 10.1. The van der Waals surface area contributed by atoms with E-state index in [9.17, 15) is 4.79 Å². The van der Waals surface area contributed by atoms with Crippen molar-refractivity contribution in [2.45, 2.75) is 6.92 Å². The number of para-hydroxylation sites is 1. The van der Waals surface area contributed by atoms with E-state index in [1.807, 2.05) is 42.5 Å². The van der Waals surface area contributed by atoms with Gasteiger partial charge in [0.15, 0.2) is 0 Å². The van der Waals surface area contributed by atoms with E-state index in [4.69, 9.17) is 9.47 Å². The van der Waals surface area contributed by atoms with Crippen molar-refractivity contribution in [3.05, 3.63) is 78.4 Å². The summed E-state index contributed by atoms with van der Waals surface area (Å²) in [5, 5.41) is 0. The van der Waals surface area contributed by atoms with Gasteiger partial charge in [0.1, 0.15) is 12.4 Å². The molecule has 0 bridgehead atoms. The molecule has 0 unspecified atom stereocenters. The molecule has 1 heterocycles. The van der Waals surface area contributed by atoms with Crippen LogP contribution in [0.15, 0.2) is 72.8 Å². The zero-order valence-corrected chi connectivity index (χ0v) is 14.3. The van der Waals surface area contributed by atoms with Gasteiger partial charge in [-0.25, -0.2) is 4.79 Å². The maximum Gasteiger partial charge on any atom is 0.338 e. The van der Waals surface area contributed by atoms with Gasteiger partial charge in [0, 0.05) is 12.2 Å². The smallest absolute Gasteiger partial charge is 0.338 e. The Balaban J connectivity index is 2.07. The monoisotopic (exact) mass is 335 g/mol. The predicted octanol–water partition coefficient (Wildman–Crippen LogP) is 4.51. The molecule has 1 aliphatic heterocycles. The van der Waals surface area contributed by atoms with Crippen LogP contribution in [0, 0.1) is 0 Å². The first-order chi connectivity index (χ1) is 12.2. The van der Waals surface area contributed by atoms with Gasteiger partial charge in [0.2, 0.25) is 0 Å². The van der Waals surface area contributed by atoms with E-state index in [2.05, 4.69) is 17.6 Å². The first kappa shape index (κ1) is 16.8. The fraction of sp³-hybridized carbons (Fsp3) is 0.190.